The zero-order valence-electron chi connectivity index (χ0n) is 7.37. The van der Waals surface area contributed by atoms with E-state index < -0.39 is 0 Å². The van der Waals surface area contributed by atoms with E-state index >= 15 is 0 Å². The third kappa shape index (κ3) is 2.12. The quantitative estimate of drug-likeness (QED) is 0.723. The molecule has 12 heavy (non-hydrogen) atoms. The van der Waals surface area contributed by atoms with Crippen LogP contribution in [-0.2, 0) is 0 Å². The van der Waals surface area contributed by atoms with Crippen LogP contribution in [0.25, 0.3) is 0 Å². The van der Waals surface area contributed by atoms with E-state index in [1.807, 2.05) is 12.3 Å². The van der Waals surface area contributed by atoms with Gasteiger partial charge in [0.25, 0.3) is 0 Å². The first-order chi connectivity index (χ1) is 5.75. The molecule has 1 aromatic rings. The van der Waals surface area contributed by atoms with Gasteiger partial charge in [0, 0.05) is 5.38 Å². The van der Waals surface area contributed by atoms with Gasteiger partial charge in [0.05, 0.1) is 11.7 Å². The maximum atomic E-state index is 4.00. The van der Waals surface area contributed by atoms with Crippen LogP contribution in [0.15, 0.2) is 17.5 Å². The molecule has 0 saturated heterocycles. The zero-order chi connectivity index (χ0) is 8.97. The smallest absolute Gasteiger partial charge is 0.0966 e. The van der Waals surface area contributed by atoms with Crippen LogP contribution in [0.1, 0.15) is 25.6 Å². The van der Waals surface area contributed by atoms with Crippen molar-refractivity contribution < 1.29 is 0 Å². The summed E-state index contributed by atoms with van der Waals surface area (Å²) < 4.78 is 3.82. The first-order valence-electron chi connectivity index (χ1n) is 3.91. The molecular formula is C8H13N3S. The van der Waals surface area contributed by atoms with Crippen LogP contribution in [0.5, 0.6) is 0 Å². The van der Waals surface area contributed by atoms with Crippen molar-refractivity contribution in [3.05, 3.63) is 23.2 Å². The lowest BCUT2D eigenvalue weighted by atomic mass is 10.1. The van der Waals surface area contributed by atoms with Crippen LogP contribution in [0.2, 0.25) is 0 Å². The SMILES string of the molecule is C=C(C)C(NCC)c1csnn1. The normalized spacial score (nSPS) is 12.8. The number of likely N-dealkylation sites (N-methyl/N-ethyl adjacent to an activating group) is 1. The van der Waals surface area contributed by atoms with Gasteiger partial charge in [0.2, 0.25) is 0 Å². The van der Waals surface area contributed by atoms with Gasteiger partial charge in [-0.05, 0) is 25.0 Å². The molecule has 1 rings (SSSR count). The standard InChI is InChI=1S/C8H13N3S/c1-4-9-8(6(2)3)7-5-12-11-10-7/h5,8-9H,2,4H2,1,3H3. The third-order valence-electron chi connectivity index (χ3n) is 1.57. The Morgan fingerprint density at radius 2 is 2.58 bits per heavy atom. The molecule has 0 amide bonds. The molecule has 0 bridgehead atoms. The summed E-state index contributed by atoms with van der Waals surface area (Å²) in [6.45, 7) is 8.87. The molecule has 0 aliphatic carbocycles. The molecule has 4 heteroatoms. The number of rotatable bonds is 4. The van der Waals surface area contributed by atoms with Crippen molar-refractivity contribution in [3.8, 4) is 0 Å². The largest absolute Gasteiger partial charge is 0.305 e. The molecule has 1 unspecified atom stereocenters. The Labute approximate surface area is 76.7 Å². The molecule has 1 aromatic heterocycles. The van der Waals surface area contributed by atoms with Gasteiger partial charge < -0.3 is 5.32 Å². The van der Waals surface area contributed by atoms with Crippen LogP contribution in [0.4, 0.5) is 0 Å². The van der Waals surface area contributed by atoms with Crippen molar-refractivity contribution >= 4 is 11.5 Å². The van der Waals surface area contributed by atoms with E-state index in [2.05, 4.69) is 28.4 Å². The average molecular weight is 183 g/mol. The van der Waals surface area contributed by atoms with Gasteiger partial charge in [-0.1, -0.05) is 23.6 Å². The fourth-order valence-corrected chi connectivity index (χ4v) is 1.51. The van der Waals surface area contributed by atoms with Crippen molar-refractivity contribution in [2.24, 2.45) is 0 Å². The van der Waals surface area contributed by atoms with Crippen molar-refractivity contribution in [1.82, 2.24) is 14.9 Å². The van der Waals surface area contributed by atoms with Crippen molar-refractivity contribution in [3.63, 3.8) is 0 Å². The van der Waals surface area contributed by atoms with Crippen LogP contribution in [-0.4, -0.2) is 16.1 Å². The first kappa shape index (κ1) is 9.35. The van der Waals surface area contributed by atoms with Crippen LogP contribution in [0.3, 0.4) is 0 Å². The summed E-state index contributed by atoms with van der Waals surface area (Å²) >= 11 is 1.37. The van der Waals surface area contributed by atoms with Gasteiger partial charge in [-0.15, -0.1) is 5.10 Å². The summed E-state index contributed by atoms with van der Waals surface area (Å²) in [7, 11) is 0. The molecule has 0 spiro atoms. The minimum atomic E-state index is 0.161. The second kappa shape index (κ2) is 4.33. The number of nitrogens with one attached hydrogen (secondary N) is 1. The highest BCUT2D eigenvalue weighted by molar-refractivity contribution is 7.03. The Morgan fingerprint density at radius 1 is 1.83 bits per heavy atom. The number of hydrogen-bond acceptors (Lipinski definition) is 4. The molecule has 0 aliphatic heterocycles. The summed E-state index contributed by atoms with van der Waals surface area (Å²) in [6, 6.07) is 0.161. The minimum absolute atomic E-state index is 0.161. The van der Waals surface area contributed by atoms with Crippen molar-refractivity contribution in [2.75, 3.05) is 6.54 Å². The third-order valence-corrected chi connectivity index (χ3v) is 2.10. The van der Waals surface area contributed by atoms with Gasteiger partial charge in [0.1, 0.15) is 0 Å². The molecule has 0 aliphatic rings. The predicted octanol–water partition coefficient (Wildman–Crippen LogP) is 1.76. The molecule has 1 atom stereocenters. The molecule has 0 radical (unpaired) electrons. The van der Waals surface area contributed by atoms with Crippen LogP contribution >= 0.6 is 11.5 Å². The second-order valence-corrected chi connectivity index (χ2v) is 3.28. The Bertz CT molecular complexity index is 243. The second-order valence-electron chi connectivity index (χ2n) is 2.67. The van der Waals surface area contributed by atoms with Crippen molar-refractivity contribution in [2.45, 2.75) is 19.9 Å². The van der Waals surface area contributed by atoms with E-state index in [-0.39, 0.29) is 6.04 Å². The highest BCUT2D eigenvalue weighted by Gasteiger charge is 2.12. The van der Waals surface area contributed by atoms with Gasteiger partial charge >= 0.3 is 0 Å². The van der Waals surface area contributed by atoms with E-state index in [0.717, 1.165) is 17.8 Å². The molecule has 1 N–H and O–H groups in total. The molecule has 0 fully saturated rings. The molecule has 1 heterocycles. The average Bonchev–Trinajstić information content (AvgIpc) is 2.51. The zero-order valence-corrected chi connectivity index (χ0v) is 8.19. The molecule has 3 nitrogen and oxygen atoms in total. The highest BCUT2D eigenvalue weighted by atomic mass is 32.1. The Hall–Kier alpha value is -0.740. The van der Waals surface area contributed by atoms with Gasteiger partial charge in [-0.25, -0.2) is 0 Å². The minimum Gasteiger partial charge on any atom is -0.305 e. The monoisotopic (exact) mass is 183 g/mol. The predicted molar refractivity (Wildman–Crippen MR) is 51.1 cm³/mol. The van der Waals surface area contributed by atoms with Crippen LogP contribution < -0.4 is 5.32 Å². The summed E-state index contributed by atoms with van der Waals surface area (Å²) in [5, 5.41) is 9.24. The summed E-state index contributed by atoms with van der Waals surface area (Å²) in [5.74, 6) is 0. The fourth-order valence-electron chi connectivity index (χ4n) is 1.03. The van der Waals surface area contributed by atoms with E-state index in [0.29, 0.717) is 0 Å². The Balaban J connectivity index is 2.73. The maximum Gasteiger partial charge on any atom is 0.0966 e. The van der Waals surface area contributed by atoms with E-state index in [9.17, 15) is 0 Å². The lowest BCUT2D eigenvalue weighted by Gasteiger charge is -2.14. The lowest BCUT2D eigenvalue weighted by Crippen LogP contribution is -2.21. The fraction of sp³-hybridized carbons (Fsp3) is 0.500. The topological polar surface area (TPSA) is 37.8 Å². The van der Waals surface area contributed by atoms with E-state index in [1.165, 1.54) is 11.5 Å². The number of aromatic nitrogens is 2. The van der Waals surface area contributed by atoms with E-state index in [4.69, 9.17) is 0 Å². The number of hydrogen-bond donors (Lipinski definition) is 1. The van der Waals surface area contributed by atoms with E-state index in [1.54, 1.807) is 0 Å². The molecular weight excluding hydrogens is 170 g/mol. The first-order valence-corrected chi connectivity index (χ1v) is 4.75. The van der Waals surface area contributed by atoms with Crippen molar-refractivity contribution in [1.29, 1.82) is 0 Å². The van der Waals surface area contributed by atoms with Crippen LogP contribution in [0, 0.1) is 0 Å². The summed E-state index contributed by atoms with van der Waals surface area (Å²) in [5.41, 5.74) is 2.04. The lowest BCUT2D eigenvalue weighted by molar-refractivity contribution is 0.605. The number of nitrogens with zero attached hydrogens (tertiary/aromatic N) is 2. The molecule has 0 aromatic carbocycles. The maximum absolute atomic E-state index is 4.00. The summed E-state index contributed by atoms with van der Waals surface area (Å²) in [4.78, 5) is 0. The molecule has 0 saturated carbocycles. The molecule has 66 valence electrons. The Kier molecular flexibility index (Phi) is 3.37. The Morgan fingerprint density at radius 3 is 3.00 bits per heavy atom. The summed E-state index contributed by atoms with van der Waals surface area (Å²) in [6.07, 6.45) is 0. The van der Waals surface area contributed by atoms with Gasteiger partial charge in [-0.3, -0.25) is 0 Å². The van der Waals surface area contributed by atoms with Gasteiger partial charge in [0.15, 0.2) is 0 Å². The van der Waals surface area contributed by atoms with Gasteiger partial charge in [-0.2, -0.15) is 0 Å². The highest BCUT2D eigenvalue weighted by Crippen LogP contribution is 2.17.